The fourth-order valence-electron chi connectivity index (χ4n) is 11.8. The van der Waals surface area contributed by atoms with Crippen LogP contribution in [0.4, 0.5) is 5.82 Å². The Bertz CT molecular complexity index is 4080. The second kappa shape index (κ2) is 10.3. The zero-order valence-electron chi connectivity index (χ0n) is 32.5. The highest BCUT2D eigenvalue weighted by Gasteiger charge is 2.71. The van der Waals surface area contributed by atoms with Gasteiger partial charge in [0, 0.05) is 21.9 Å². The average molecular weight is 775 g/mol. The van der Waals surface area contributed by atoms with Gasteiger partial charge in [0.25, 0.3) is 11.3 Å². The van der Waals surface area contributed by atoms with Crippen LogP contribution in [0, 0.1) is 0 Å². The molecule has 0 aliphatic carbocycles. The first-order valence-electron chi connectivity index (χ1n) is 21.0. The summed E-state index contributed by atoms with van der Waals surface area (Å²) in [5, 5.41) is 10.6. The number of hydrogen-bond donors (Lipinski definition) is 0. The second-order valence-electron chi connectivity index (χ2n) is 16.9. The molecular weight excluding hydrogens is 745 g/mol. The zero-order valence-corrected chi connectivity index (χ0v) is 32.5. The Kier molecular flexibility index (Phi) is 5.21. The molecule has 6 aliphatic rings. The standard InChI is InChI=1S/C55H30N6/c1-3-15-31(16-4-1)45-47-37-23-11-13-25-39(37)51-56-53-43-29-35-21-9-7-19-33(35)27-41(43)49-46(32-17-5-2-6-18-32)50-42-28-34-20-8-10-22-36(34)30-44(42)54-57-52-40-26-14-12-24-38(40)48(45)59(52)55(58(47)51,60(49)53)61(50)54/h1-30H/q+2. The Hall–Kier alpha value is -8.22. The minimum atomic E-state index is -1.03. The fourth-order valence-corrected chi connectivity index (χ4v) is 11.8. The Labute approximate surface area is 347 Å². The van der Waals surface area contributed by atoms with Crippen LogP contribution in [0.1, 0.15) is 39.1 Å². The van der Waals surface area contributed by atoms with Crippen LogP contribution in [-0.4, -0.2) is 35.7 Å². The molecule has 8 heterocycles. The van der Waals surface area contributed by atoms with Gasteiger partial charge in [0.15, 0.2) is 11.4 Å². The third kappa shape index (κ3) is 3.35. The highest BCUT2D eigenvalue weighted by atomic mass is 15.7. The number of amidine groups is 2. The van der Waals surface area contributed by atoms with E-state index in [2.05, 4.69) is 200 Å². The van der Waals surface area contributed by atoms with Crippen molar-refractivity contribution in [3.05, 3.63) is 232 Å². The van der Waals surface area contributed by atoms with Crippen LogP contribution >= 0.6 is 0 Å². The van der Waals surface area contributed by atoms with E-state index in [9.17, 15) is 0 Å². The molecule has 1 unspecified atom stereocenters. The van der Waals surface area contributed by atoms with E-state index in [1.807, 2.05) is 0 Å². The van der Waals surface area contributed by atoms with Crippen molar-refractivity contribution < 1.29 is 9.15 Å². The maximum Gasteiger partial charge on any atom is 0.441 e. The normalized spacial score (nSPS) is 18.2. The van der Waals surface area contributed by atoms with E-state index >= 15 is 0 Å². The van der Waals surface area contributed by atoms with Crippen LogP contribution in [0.25, 0.3) is 59.9 Å². The van der Waals surface area contributed by atoms with Crippen LogP contribution in [0.3, 0.4) is 0 Å². The molecule has 0 radical (unpaired) electrons. The van der Waals surface area contributed by atoms with Gasteiger partial charge in [0.1, 0.15) is 0 Å². The van der Waals surface area contributed by atoms with Gasteiger partial charge in [-0.15, -0.1) is 9.15 Å². The van der Waals surface area contributed by atoms with Crippen LogP contribution in [-0.2, 0) is 5.91 Å². The van der Waals surface area contributed by atoms with E-state index < -0.39 is 5.91 Å². The molecule has 0 N–H and O–H groups in total. The van der Waals surface area contributed by atoms with Gasteiger partial charge >= 0.3 is 17.6 Å². The van der Waals surface area contributed by atoms with Crippen molar-refractivity contribution in [2.24, 2.45) is 9.98 Å². The Morgan fingerprint density at radius 3 is 1.72 bits per heavy atom. The predicted molar refractivity (Wildman–Crippen MR) is 242 cm³/mol. The SMILES string of the molecule is c1ccc(C2=C3c4ccccc4C4=[N+]3C35n6c(c7ccccc7c62)N=C2c6cc7ccccc7cc6C(=[N+]23)C(c2ccccc2)=c2c3cc6ccccc6cc3c(n25)=N4)cc1. The minimum Gasteiger partial charge on any atom is -0.202 e. The first-order chi connectivity index (χ1) is 30.3. The van der Waals surface area contributed by atoms with Gasteiger partial charge in [0.2, 0.25) is 0 Å². The number of aromatic nitrogens is 2. The number of aliphatic imine (C=N–C) groups is 1. The first-order valence-corrected chi connectivity index (χ1v) is 21.0. The molecule has 0 bridgehead atoms. The Balaban J connectivity index is 1.25. The highest BCUT2D eigenvalue weighted by Crippen LogP contribution is 2.57. The van der Waals surface area contributed by atoms with Gasteiger partial charge < -0.3 is 0 Å². The molecule has 61 heavy (non-hydrogen) atoms. The van der Waals surface area contributed by atoms with Crippen molar-refractivity contribution in [1.29, 1.82) is 0 Å². The van der Waals surface area contributed by atoms with E-state index in [1.165, 1.54) is 54.6 Å². The molecule has 6 aliphatic heterocycles. The quantitative estimate of drug-likeness (QED) is 0.157. The molecule has 1 atom stereocenters. The molecule has 278 valence electrons. The summed E-state index contributed by atoms with van der Waals surface area (Å²) in [5.74, 6) is 1.82. The van der Waals surface area contributed by atoms with Crippen molar-refractivity contribution in [2.45, 2.75) is 5.91 Å². The summed E-state index contributed by atoms with van der Waals surface area (Å²) >= 11 is 0. The molecule has 8 aromatic carbocycles. The summed E-state index contributed by atoms with van der Waals surface area (Å²) in [6.07, 6.45) is 0. The van der Waals surface area contributed by atoms with Crippen LogP contribution in [0.2, 0.25) is 0 Å². The van der Waals surface area contributed by atoms with Crippen molar-refractivity contribution >= 4 is 83.1 Å². The monoisotopic (exact) mass is 774 g/mol. The fraction of sp³-hybridized carbons (Fsp3) is 0.0182. The smallest absolute Gasteiger partial charge is 0.202 e. The molecule has 0 fully saturated rings. The lowest BCUT2D eigenvalue weighted by Gasteiger charge is -2.42. The summed E-state index contributed by atoms with van der Waals surface area (Å²) in [7, 11) is 0. The summed E-state index contributed by atoms with van der Waals surface area (Å²) in [6, 6.07) is 66.9. The summed E-state index contributed by atoms with van der Waals surface area (Å²) < 4.78 is 10.4. The third-order valence-corrected chi connectivity index (χ3v) is 14.0. The largest absolute Gasteiger partial charge is 0.441 e. The van der Waals surface area contributed by atoms with E-state index in [0.29, 0.717) is 0 Å². The van der Waals surface area contributed by atoms with Gasteiger partial charge in [-0.1, -0.05) is 140 Å². The summed E-state index contributed by atoms with van der Waals surface area (Å²) in [5.41, 5.74) is 13.7. The molecule has 16 rings (SSSR count). The molecule has 0 saturated heterocycles. The van der Waals surface area contributed by atoms with E-state index in [1.54, 1.807) is 0 Å². The Morgan fingerprint density at radius 1 is 0.426 bits per heavy atom. The molecule has 0 amide bonds. The van der Waals surface area contributed by atoms with Crippen LogP contribution in [0.5, 0.6) is 0 Å². The maximum absolute atomic E-state index is 5.92. The van der Waals surface area contributed by atoms with Gasteiger partial charge in [0.05, 0.1) is 44.1 Å². The van der Waals surface area contributed by atoms with Gasteiger partial charge in [-0.2, -0.15) is 0 Å². The first kappa shape index (κ1) is 30.8. The third-order valence-electron chi connectivity index (χ3n) is 14.0. The summed E-state index contributed by atoms with van der Waals surface area (Å²) in [6.45, 7) is 0. The minimum absolute atomic E-state index is 0.949. The van der Waals surface area contributed by atoms with Crippen molar-refractivity contribution in [2.75, 3.05) is 0 Å². The number of fused-ring (bicyclic) bond motifs is 14. The number of hydrogen-bond acceptors (Lipinski definition) is 2. The van der Waals surface area contributed by atoms with Crippen molar-refractivity contribution in [1.82, 2.24) is 9.13 Å². The zero-order chi connectivity index (χ0) is 39.3. The molecule has 2 aromatic heterocycles. The lowest BCUT2D eigenvalue weighted by Crippen LogP contribution is -2.71. The number of benzene rings is 8. The number of rotatable bonds is 2. The van der Waals surface area contributed by atoms with E-state index in [0.717, 1.165) is 78.5 Å². The number of nitrogens with zero attached hydrogens (tertiary/aromatic N) is 6. The van der Waals surface area contributed by atoms with Gasteiger partial charge in [-0.3, -0.25) is 0 Å². The summed E-state index contributed by atoms with van der Waals surface area (Å²) in [4.78, 5) is 11.8. The van der Waals surface area contributed by atoms with Crippen molar-refractivity contribution in [3.8, 4) is 0 Å². The average Bonchev–Trinajstić information content (AvgIpc) is 4.04. The maximum atomic E-state index is 5.92. The van der Waals surface area contributed by atoms with E-state index in [4.69, 9.17) is 9.98 Å². The van der Waals surface area contributed by atoms with Crippen LogP contribution in [0.15, 0.2) is 192 Å². The van der Waals surface area contributed by atoms with Crippen LogP contribution < -0.4 is 10.8 Å². The lowest BCUT2D eigenvalue weighted by molar-refractivity contribution is -0.798. The predicted octanol–water partition coefficient (Wildman–Crippen LogP) is 9.47. The van der Waals surface area contributed by atoms with E-state index in [-0.39, 0.29) is 0 Å². The molecule has 1 spiro atoms. The second-order valence-corrected chi connectivity index (χ2v) is 16.9. The molecule has 10 aromatic rings. The van der Waals surface area contributed by atoms with Gasteiger partial charge in [-0.25, -0.2) is 9.13 Å². The lowest BCUT2D eigenvalue weighted by atomic mass is 9.90. The molecule has 0 saturated carbocycles. The molecule has 6 nitrogen and oxygen atoms in total. The molecular formula is C55H30N6+2. The highest BCUT2D eigenvalue weighted by molar-refractivity contribution is 6.37. The van der Waals surface area contributed by atoms with Crippen molar-refractivity contribution in [3.63, 3.8) is 0 Å². The molecule has 6 heteroatoms. The van der Waals surface area contributed by atoms with Gasteiger partial charge in [-0.05, 0) is 85.1 Å². The topological polar surface area (TPSA) is 40.6 Å². The Morgan fingerprint density at radius 2 is 1.00 bits per heavy atom.